The van der Waals surface area contributed by atoms with Gasteiger partial charge in [-0.05, 0) is 29.5 Å². The zero-order valence-electron chi connectivity index (χ0n) is 8.82. The van der Waals surface area contributed by atoms with Crippen molar-refractivity contribution < 1.29 is 5.11 Å². The number of aliphatic hydroxyl groups excluding tert-OH is 1. The van der Waals surface area contributed by atoms with E-state index < -0.39 is 0 Å². The summed E-state index contributed by atoms with van der Waals surface area (Å²) in [4.78, 5) is 0. The summed E-state index contributed by atoms with van der Waals surface area (Å²) in [7, 11) is 0. The summed E-state index contributed by atoms with van der Waals surface area (Å²) in [5.74, 6) is 0.577. The molecule has 0 fully saturated rings. The maximum absolute atomic E-state index is 9.21. The number of hydrogen-bond donors (Lipinski definition) is 1. The third kappa shape index (κ3) is 2.59. The molecule has 0 unspecified atom stereocenters. The second-order valence-electron chi connectivity index (χ2n) is 3.37. The van der Waals surface area contributed by atoms with E-state index in [4.69, 9.17) is 0 Å². The van der Waals surface area contributed by atoms with E-state index in [2.05, 4.69) is 15.5 Å². The van der Waals surface area contributed by atoms with Gasteiger partial charge in [-0.1, -0.05) is 30.0 Å². The van der Waals surface area contributed by atoms with Crippen molar-refractivity contribution in [3.05, 3.63) is 30.3 Å². The van der Waals surface area contributed by atoms with Crippen LogP contribution in [0.2, 0.25) is 0 Å². The minimum absolute atomic E-state index is 0.370. The number of nitrogens with zero attached hydrogens (tertiary/aromatic N) is 4. The van der Waals surface area contributed by atoms with Gasteiger partial charge < -0.3 is 5.11 Å². The predicted molar refractivity (Wildman–Crippen MR) is 61.6 cm³/mol. The summed E-state index contributed by atoms with van der Waals surface area (Å²) in [6.07, 6.45) is -0.370. The van der Waals surface area contributed by atoms with Crippen LogP contribution in [0.1, 0.15) is 6.92 Å². The Morgan fingerprint density at radius 2 is 2.12 bits per heavy atom. The second-order valence-corrected chi connectivity index (χ2v) is 4.36. The Kier molecular flexibility index (Phi) is 3.53. The molecule has 5 nitrogen and oxygen atoms in total. The number of aliphatic hydroxyl groups is 1. The molecule has 0 saturated carbocycles. The molecule has 1 aromatic heterocycles. The fraction of sp³-hybridized carbons (Fsp3) is 0.300. The summed E-state index contributed by atoms with van der Waals surface area (Å²) >= 11 is 1.43. The van der Waals surface area contributed by atoms with Crippen LogP contribution >= 0.6 is 11.8 Å². The van der Waals surface area contributed by atoms with Crippen molar-refractivity contribution in [3.8, 4) is 5.69 Å². The van der Waals surface area contributed by atoms with Gasteiger partial charge in [-0.2, -0.15) is 4.68 Å². The van der Waals surface area contributed by atoms with Crippen LogP contribution < -0.4 is 0 Å². The highest BCUT2D eigenvalue weighted by molar-refractivity contribution is 7.99. The molecule has 2 rings (SSSR count). The average Bonchev–Trinajstić information content (AvgIpc) is 2.75. The number of hydrogen-bond acceptors (Lipinski definition) is 5. The van der Waals surface area contributed by atoms with E-state index in [9.17, 15) is 5.11 Å². The van der Waals surface area contributed by atoms with Gasteiger partial charge in [-0.3, -0.25) is 0 Å². The van der Waals surface area contributed by atoms with Gasteiger partial charge in [-0.25, -0.2) is 0 Å². The van der Waals surface area contributed by atoms with Crippen LogP contribution in [0.5, 0.6) is 0 Å². The Labute approximate surface area is 97.5 Å². The quantitative estimate of drug-likeness (QED) is 0.806. The molecule has 0 radical (unpaired) electrons. The van der Waals surface area contributed by atoms with Gasteiger partial charge in [0.15, 0.2) is 0 Å². The lowest BCUT2D eigenvalue weighted by molar-refractivity contribution is 0.220. The van der Waals surface area contributed by atoms with Gasteiger partial charge in [0.25, 0.3) is 0 Å². The Morgan fingerprint density at radius 1 is 1.38 bits per heavy atom. The molecule has 0 aliphatic heterocycles. The van der Waals surface area contributed by atoms with Gasteiger partial charge in [0.2, 0.25) is 5.16 Å². The van der Waals surface area contributed by atoms with Crippen molar-refractivity contribution in [3.63, 3.8) is 0 Å². The number of benzene rings is 1. The van der Waals surface area contributed by atoms with Crippen molar-refractivity contribution in [1.82, 2.24) is 20.2 Å². The lowest BCUT2D eigenvalue weighted by Crippen LogP contribution is -2.05. The predicted octanol–water partition coefficient (Wildman–Crippen LogP) is 1.14. The van der Waals surface area contributed by atoms with Crippen LogP contribution in [0.3, 0.4) is 0 Å². The molecular formula is C10H12N4OS. The lowest BCUT2D eigenvalue weighted by Gasteiger charge is -2.04. The number of aromatic nitrogens is 4. The molecule has 0 amide bonds. The van der Waals surface area contributed by atoms with Gasteiger partial charge >= 0.3 is 0 Å². The van der Waals surface area contributed by atoms with E-state index in [0.29, 0.717) is 10.9 Å². The van der Waals surface area contributed by atoms with Crippen molar-refractivity contribution >= 4 is 11.8 Å². The molecule has 84 valence electrons. The summed E-state index contributed by atoms with van der Waals surface area (Å²) < 4.78 is 1.66. The van der Waals surface area contributed by atoms with E-state index in [1.807, 2.05) is 30.3 Å². The summed E-state index contributed by atoms with van der Waals surface area (Å²) in [5, 5.41) is 21.4. The molecule has 6 heteroatoms. The first-order valence-corrected chi connectivity index (χ1v) is 5.90. The summed E-state index contributed by atoms with van der Waals surface area (Å²) in [6, 6.07) is 9.67. The Balaban J connectivity index is 2.19. The van der Waals surface area contributed by atoms with Crippen molar-refractivity contribution in [2.24, 2.45) is 0 Å². The highest BCUT2D eigenvalue weighted by Gasteiger charge is 2.09. The Bertz CT molecular complexity index is 443. The van der Waals surface area contributed by atoms with E-state index in [1.54, 1.807) is 11.6 Å². The summed E-state index contributed by atoms with van der Waals surface area (Å²) in [5.41, 5.74) is 0.917. The van der Waals surface area contributed by atoms with Crippen LogP contribution in [0.4, 0.5) is 0 Å². The first-order chi connectivity index (χ1) is 7.77. The largest absolute Gasteiger partial charge is 0.393 e. The minimum Gasteiger partial charge on any atom is -0.393 e. The van der Waals surface area contributed by atoms with Crippen molar-refractivity contribution in [2.45, 2.75) is 18.2 Å². The molecule has 1 N–H and O–H groups in total. The van der Waals surface area contributed by atoms with E-state index >= 15 is 0 Å². The van der Waals surface area contributed by atoms with Gasteiger partial charge in [0, 0.05) is 5.75 Å². The third-order valence-corrected chi connectivity index (χ3v) is 3.06. The SMILES string of the molecule is C[C@H](O)CSc1nnnn1-c1ccccc1. The van der Waals surface area contributed by atoms with Crippen LogP contribution in [0.25, 0.3) is 5.69 Å². The highest BCUT2D eigenvalue weighted by Crippen LogP contribution is 2.18. The molecule has 0 aliphatic rings. The standard InChI is InChI=1S/C10H12N4OS/c1-8(15)7-16-10-11-12-13-14(10)9-5-3-2-4-6-9/h2-6,8,15H,7H2,1H3/t8-/m0/s1. The molecule has 0 aliphatic carbocycles. The van der Waals surface area contributed by atoms with Gasteiger partial charge in [0.1, 0.15) is 0 Å². The zero-order chi connectivity index (χ0) is 11.4. The number of para-hydroxylation sites is 1. The number of thioether (sulfide) groups is 1. The fourth-order valence-electron chi connectivity index (χ4n) is 1.20. The Hall–Kier alpha value is -1.40. The van der Waals surface area contributed by atoms with E-state index in [-0.39, 0.29) is 6.10 Å². The zero-order valence-corrected chi connectivity index (χ0v) is 9.63. The monoisotopic (exact) mass is 236 g/mol. The maximum Gasteiger partial charge on any atom is 0.214 e. The third-order valence-electron chi connectivity index (χ3n) is 1.90. The smallest absolute Gasteiger partial charge is 0.214 e. The van der Waals surface area contributed by atoms with Crippen LogP contribution in [-0.2, 0) is 0 Å². The molecule has 16 heavy (non-hydrogen) atoms. The maximum atomic E-state index is 9.21. The molecule has 1 aromatic carbocycles. The molecule has 0 spiro atoms. The first-order valence-electron chi connectivity index (χ1n) is 4.92. The lowest BCUT2D eigenvalue weighted by atomic mass is 10.3. The van der Waals surface area contributed by atoms with Crippen LogP contribution in [0.15, 0.2) is 35.5 Å². The Morgan fingerprint density at radius 3 is 2.81 bits per heavy atom. The number of tetrazole rings is 1. The van der Waals surface area contributed by atoms with E-state index in [0.717, 1.165) is 5.69 Å². The minimum atomic E-state index is -0.370. The van der Waals surface area contributed by atoms with Gasteiger partial charge in [-0.15, -0.1) is 5.10 Å². The van der Waals surface area contributed by atoms with Crippen molar-refractivity contribution in [2.75, 3.05) is 5.75 Å². The average molecular weight is 236 g/mol. The van der Waals surface area contributed by atoms with Crippen molar-refractivity contribution in [1.29, 1.82) is 0 Å². The van der Waals surface area contributed by atoms with Crippen LogP contribution in [-0.4, -0.2) is 37.2 Å². The molecule has 2 aromatic rings. The molecule has 1 atom stereocenters. The fourth-order valence-corrected chi connectivity index (χ4v) is 1.94. The second kappa shape index (κ2) is 5.09. The highest BCUT2D eigenvalue weighted by atomic mass is 32.2. The number of rotatable bonds is 4. The van der Waals surface area contributed by atoms with E-state index in [1.165, 1.54) is 11.8 Å². The van der Waals surface area contributed by atoms with Gasteiger partial charge in [0.05, 0.1) is 11.8 Å². The topological polar surface area (TPSA) is 63.8 Å². The molecular weight excluding hydrogens is 224 g/mol. The first kappa shape index (κ1) is 11.1. The summed E-state index contributed by atoms with van der Waals surface area (Å²) in [6.45, 7) is 1.74. The molecule has 1 heterocycles. The van der Waals surface area contributed by atoms with Crippen LogP contribution in [0, 0.1) is 0 Å². The normalized spacial score (nSPS) is 12.6. The molecule has 0 saturated heterocycles. The molecule has 0 bridgehead atoms.